The Hall–Kier alpha value is -1.13. The van der Waals surface area contributed by atoms with Gasteiger partial charge in [-0.1, -0.05) is 6.08 Å². The van der Waals surface area contributed by atoms with E-state index in [1.165, 1.54) is 24.8 Å². The molecule has 1 aliphatic heterocycles. The summed E-state index contributed by atoms with van der Waals surface area (Å²) < 4.78 is 0. The predicted octanol–water partition coefficient (Wildman–Crippen LogP) is 3.19. The van der Waals surface area contributed by atoms with Crippen LogP contribution in [0, 0.1) is 5.41 Å². The minimum atomic E-state index is 0.293. The van der Waals surface area contributed by atoms with Crippen LogP contribution in [0.5, 0.6) is 0 Å². The van der Waals surface area contributed by atoms with Gasteiger partial charge in [0.2, 0.25) is 5.91 Å². The molecular weight excluding hydrogens is 280 g/mol. The van der Waals surface area contributed by atoms with Crippen LogP contribution in [0.15, 0.2) is 29.5 Å². The van der Waals surface area contributed by atoms with Crippen molar-refractivity contribution in [2.75, 3.05) is 13.1 Å². The highest BCUT2D eigenvalue weighted by atomic mass is 32.1. The molecule has 114 valence electrons. The summed E-state index contributed by atoms with van der Waals surface area (Å²) in [4.78, 5) is 14.8. The first-order chi connectivity index (χ1) is 10.2. The van der Waals surface area contributed by atoms with E-state index >= 15 is 0 Å². The zero-order chi connectivity index (χ0) is 14.7. The SMILES string of the molecule is C=CCCC(=O)N(Cc1ccsc1)C1CC12CCNCC2. The van der Waals surface area contributed by atoms with E-state index in [1.807, 2.05) is 6.08 Å². The summed E-state index contributed by atoms with van der Waals surface area (Å²) >= 11 is 1.71. The fourth-order valence-corrected chi connectivity index (χ4v) is 4.21. The van der Waals surface area contributed by atoms with Crippen LogP contribution in [-0.4, -0.2) is 29.9 Å². The molecule has 1 amide bonds. The molecule has 3 rings (SSSR count). The lowest BCUT2D eigenvalue weighted by Gasteiger charge is -2.29. The Bertz CT molecular complexity index is 491. The number of rotatable bonds is 6. The van der Waals surface area contributed by atoms with Gasteiger partial charge in [-0.2, -0.15) is 11.3 Å². The number of amides is 1. The fourth-order valence-electron chi connectivity index (χ4n) is 3.55. The van der Waals surface area contributed by atoms with Gasteiger partial charge in [0.05, 0.1) is 0 Å². The third-order valence-corrected chi connectivity index (χ3v) is 5.67. The van der Waals surface area contributed by atoms with E-state index in [4.69, 9.17) is 0 Å². The molecule has 1 aromatic rings. The Balaban J connectivity index is 1.70. The molecule has 0 radical (unpaired) electrons. The van der Waals surface area contributed by atoms with Gasteiger partial charge in [-0.25, -0.2) is 0 Å². The molecule has 1 aliphatic carbocycles. The number of nitrogens with one attached hydrogen (secondary N) is 1. The van der Waals surface area contributed by atoms with Crippen molar-refractivity contribution in [1.29, 1.82) is 0 Å². The molecule has 1 spiro atoms. The van der Waals surface area contributed by atoms with Gasteiger partial charge in [0.15, 0.2) is 0 Å². The maximum atomic E-state index is 12.6. The van der Waals surface area contributed by atoms with Gasteiger partial charge in [0, 0.05) is 19.0 Å². The first kappa shape index (κ1) is 14.8. The molecule has 1 saturated heterocycles. The second kappa shape index (κ2) is 6.32. The summed E-state index contributed by atoms with van der Waals surface area (Å²) in [6, 6.07) is 2.59. The van der Waals surface area contributed by atoms with Crippen molar-refractivity contribution in [3.05, 3.63) is 35.0 Å². The van der Waals surface area contributed by atoms with Gasteiger partial charge in [0.1, 0.15) is 0 Å². The number of hydrogen-bond donors (Lipinski definition) is 1. The molecule has 0 bridgehead atoms. The van der Waals surface area contributed by atoms with E-state index in [1.54, 1.807) is 11.3 Å². The van der Waals surface area contributed by atoms with Crippen LogP contribution in [0.1, 0.15) is 37.7 Å². The van der Waals surface area contributed by atoms with Crippen LogP contribution < -0.4 is 5.32 Å². The highest BCUT2D eigenvalue weighted by Gasteiger charge is 2.57. The van der Waals surface area contributed by atoms with Crippen molar-refractivity contribution in [1.82, 2.24) is 10.2 Å². The molecule has 3 nitrogen and oxygen atoms in total. The smallest absolute Gasteiger partial charge is 0.223 e. The number of nitrogens with zero attached hydrogens (tertiary/aromatic N) is 1. The lowest BCUT2D eigenvalue weighted by atomic mass is 9.93. The molecule has 2 fully saturated rings. The molecule has 1 atom stereocenters. The monoisotopic (exact) mass is 304 g/mol. The summed E-state index contributed by atoms with van der Waals surface area (Å²) in [7, 11) is 0. The Morgan fingerprint density at radius 2 is 2.33 bits per heavy atom. The van der Waals surface area contributed by atoms with E-state index in [-0.39, 0.29) is 0 Å². The molecule has 4 heteroatoms. The molecule has 2 aliphatic rings. The molecule has 1 saturated carbocycles. The zero-order valence-electron chi connectivity index (χ0n) is 12.5. The first-order valence-corrected chi connectivity index (χ1v) is 8.82. The second-order valence-electron chi connectivity index (χ2n) is 6.31. The molecule has 0 aromatic carbocycles. The average molecular weight is 304 g/mol. The quantitative estimate of drug-likeness (QED) is 0.819. The Kier molecular flexibility index (Phi) is 4.45. The third kappa shape index (κ3) is 3.22. The van der Waals surface area contributed by atoms with Crippen molar-refractivity contribution in [3.8, 4) is 0 Å². The zero-order valence-corrected chi connectivity index (χ0v) is 13.3. The maximum Gasteiger partial charge on any atom is 0.223 e. The number of thiophene rings is 1. The molecule has 1 aromatic heterocycles. The largest absolute Gasteiger partial charge is 0.335 e. The Morgan fingerprint density at radius 3 is 3.00 bits per heavy atom. The van der Waals surface area contributed by atoms with E-state index < -0.39 is 0 Å². The summed E-state index contributed by atoms with van der Waals surface area (Å²) in [5, 5.41) is 7.68. The van der Waals surface area contributed by atoms with Gasteiger partial charge >= 0.3 is 0 Å². The van der Waals surface area contributed by atoms with Gasteiger partial charge < -0.3 is 10.2 Å². The van der Waals surface area contributed by atoms with Crippen molar-refractivity contribution in [2.45, 2.75) is 44.7 Å². The Morgan fingerprint density at radius 1 is 1.52 bits per heavy atom. The van der Waals surface area contributed by atoms with Gasteiger partial charge in [0.25, 0.3) is 0 Å². The summed E-state index contributed by atoms with van der Waals surface area (Å²) in [6.45, 7) is 6.71. The lowest BCUT2D eigenvalue weighted by molar-refractivity contribution is -0.133. The number of carbonyl (C=O) groups excluding carboxylic acids is 1. The highest BCUT2D eigenvalue weighted by molar-refractivity contribution is 7.07. The molecule has 2 heterocycles. The van der Waals surface area contributed by atoms with Gasteiger partial charge in [-0.15, -0.1) is 6.58 Å². The van der Waals surface area contributed by atoms with E-state index in [0.717, 1.165) is 26.1 Å². The average Bonchev–Trinajstić information content (AvgIpc) is 2.95. The Labute approximate surface area is 131 Å². The van der Waals surface area contributed by atoms with Crippen LogP contribution in [0.3, 0.4) is 0 Å². The molecule has 1 N–H and O–H groups in total. The standard InChI is InChI=1S/C17H24N2OS/c1-2-3-4-16(20)19(12-14-5-10-21-13-14)15-11-17(15)6-8-18-9-7-17/h2,5,10,13,15,18H,1,3-4,6-9,11-12H2. The lowest BCUT2D eigenvalue weighted by Crippen LogP contribution is -2.39. The van der Waals surface area contributed by atoms with Crippen LogP contribution in [0.2, 0.25) is 0 Å². The summed E-state index contributed by atoms with van der Waals surface area (Å²) in [5.74, 6) is 0.293. The fraction of sp³-hybridized carbons (Fsp3) is 0.588. The van der Waals surface area contributed by atoms with Crippen molar-refractivity contribution in [3.63, 3.8) is 0 Å². The van der Waals surface area contributed by atoms with Crippen LogP contribution in [0.25, 0.3) is 0 Å². The van der Waals surface area contributed by atoms with Crippen LogP contribution in [-0.2, 0) is 11.3 Å². The van der Waals surface area contributed by atoms with E-state index in [2.05, 4.69) is 33.6 Å². The van der Waals surface area contributed by atoms with Gasteiger partial charge in [-0.05, 0) is 66.6 Å². The number of piperidine rings is 1. The molecule has 21 heavy (non-hydrogen) atoms. The van der Waals surface area contributed by atoms with Crippen LogP contribution in [0.4, 0.5) is 0 Å². The summed E-state index contributed by atoms with van der Waals surface area (Å²) in [6.07, 6.45) is 6.84. The second-order valence-corrected chi connectivity index (χ2v) is 7.09. The minimum absolute atomic E-state index is 0.293. The van der Waals surface area contributed by atoms with Gasteiger partial charge in [-0.3, -0.25) is 4.79 Å². The molecule has 1 unspecified atom stereocenters. The van der Waals surface area contributed by atoms with Crippen LogP contribution >= 0.6 is 11.3 Å². The van der Waals surface area contributed by atoms with Crippen molar-refractivity contribution in [2.24, 2.45) is 5.41 Å². The van der Waals surface area contributed by atoms with Crippen molar-refractivity contribution >= 4 is 17.2 Å². The number of carbonyl (C=O) groups is 1. The number of allylic oxidation sites excluding steroid dienone is 1. The van der Waals surface area contributed by atoms with E-state index in [9.17, 15) is 4.79 Å². The normalized spacial score (nSPS) is 23.0. The number of hydrogen-bond acceptors (Lipinski definition) is 3. The minimum Gasteiger partial charge on any atom is -0.335 e. The predicted molar refractivity (Wildman–Crippen MR) is 87.2 cm³/mol. The summed E-state index contributed by atoms with van der Waals surface area (Å²) in [5.41, 5.74) is 1.67. The van der Waals surface area contributed by atoms with E-state index in [0.29, 0.717) is 23.8 Å². The first-order valence-electron chi connectivity index (χ1n) is 7.87. The van der Waals surface area contributed by atoms with Crippen molar-refractivity contribution < 1.29 is 4.79 Å². The topological polar surface area (TPSA) is 32.3 Å². The third-order valence-electron chi connectivity index (χ3n) is 4.94. The highest BCUT2D eigenvalue weighted by Crippen LogP contribution is 2.56. The molecular formula is C17H24N2OS. The maximum absolute atomic E-state index is 12.6.